The molecule has 2 aliphatic rings. The van der Waals surface area contributed by atoms with Gasteiger partial charge in [-0.05, 0) is 25.7 Å². The van der Waals surface area contributed by atoms with Crippen LogP contribution in [0.2, 0.25) is 0 Å². The van der Waals surface area contributed by atoms with Crippen LogP contribution in [-0.2, 0) is 11.3 Å². The maximum atomic E-state index is 10.5. The lowest BCUT2D eigenvalue weighted by molar-refractivity contribution is 0.102. The molecule has 1 aromatic carbocycles. The van der Waals surface area contributed by atoms with Crippen LogP contribution >= 0.6 is 0 Å². The van der Waals surface area contributed by atoms with Crippen LogP contribution in [0.1, 0.15) is 12.5 Å². The number of β-amino-alcohol motifs (C(OH)–C–C–N with tert-alkyl or cyclic N) is 1. The standard InChI is InChI=1S/C21H30N4O2/c1-3-23(2)19-14-24(15-20(19)26)13-17-12-16-6-4-5-7-18(16)22-21(17)25-8-10-27-11-9-25/h4-7,12,19-20,26H,3,8-11,13-15H2,1-2H3/t19-,20-/m1/s1. The lowest BCUT2D eigenvalue weighted by Crippen LogP contribution is -2.40. The molecule has 0 aliphatic carbocycles. The summed E-state index contributed by atoms with van der Waals surface area (Å²) in [4.78, 5) is 11.9. The number of rotatable bonds is 5. The van der Waals surface area contributed by atoms with E-state index in [0.29, 0.717) is 6.54 Å². The van der Waals surface area contributed by atoms with Crippen LogP contribution in [0.4, 0.5) is 5.82 Å². The van der Waals surface area contributed by atoms with Crippen LogP contribution in [0.25, 0.3) is 10.9 Å². The number of aliphatic hydroxyl groups is 1. The normalized spacial score (nSPS) is 24.2. The van der Waals surface area contributed by atoms with Crippen LogP contribution in [-0.4, -0.2) is 85.0 Å². The van der Waals surface area contributed by atoms with Gasteiger partial charge >= 0.3 is 0 Å². The number of morpholine rings is 1. The molecule has 2 aliphatic heterocycles. The van der Waals surface area contributed by atoms with Gasteiger partial charge in [0.2, 0.25) is 0 Å². The second-order valence-corrected chi connectivity index (χ2v) is 7.67. The second kappa shape index (κ2) is 8.10. The van der Waals surface area contributed by atoms with Crippen LogP contribution in [0.15, 0.2) is 30.3 Å². The van der Waals surface area contributed by atoms with Gasteiger partial charge in [-0.1, -0.05) is 25.1 Å². The molecule has 2 atom stereocenters. The zero-order chi connectivity index (χ0) is 18.8. The van der Waals surface area contributed by atoms with Crippen LogP contribution < -0.4 is 4.90 Å². The van der Waals surface area contributed by atoms with E-state index in [2.05, 4.69) is 52.9 Å². The molecule has 2 aromatic rings. The van der Waals surface area contributed by atoms with Crippen molar-refractivity contribution in [3.8, 4) is 0 Å². The molecule has 4 rings (SSSR count). The highest BCUT2D eigenvalue weighted by atomic mass is 16.5. The van der Waals surface area contributed by atoms with Crippen molar-refractivity contribution < 1.29 is 9.84 Å². The van der Waals surface area contributed by atoms with Crippen molar-refractivity contribution in [3.05, 3.63) is 35.9 Å². The second-order valence-electron chi connectivity index (χ2n) is 7.67. The Balaban J connectivity index is 1.61. The summed E-state index contributed by atoms with van der Waals surface area (Å²) in [5, 5.41) is 11.7. The number of aromatic nitrogens is 1. The fourth-order valence-corrected chi connectivity index (χ4v) is 4.20. The van der Waals surface area contributed by atoms with E-state index in [-0.39, 0.29) is 12.1 Å². The molecule has 27 heavy (non-hydrogen) atoms. The molecule has 6 nitrogen and oxygen atoms in total. The van der Waals surface area contributed by atoms with E-state index >= 15 is 0 Å². The number of pyridine rings is 1. The number of aliphatic hydroxyl groups excluding tert-OH is 1. The van der Waals surface area contributed by atoms with Crippen molar-refractivity contribution in [2.45, 2.75) is 25.6 Å². The molecule has 2 fully saturated rings. The first kappa shape index (κ1) is 18.6. The van der Waals surface area contributed by atoms with Crippen molar-refractivity contribution in [2.75, 3.05) is 57.9 Å². The minimum absolute atomic E-state index is 0.204. The van der Waals surface area contributed by atoms with Crippen molar-refractivity contribution in [1.82, 2.24) is 14.8 Å². The fraction of sp³-hybridized carbons (Fsp3) is 0.571. The Hall–Kier alpha value is -1.73. The van der Waals surface area contributed by atoms with Gasteiger partial charge < -0.3 is 14.7 Å². The molecule has 2 saturated heterocycles. The smallest absolute Gasteiger partial charge is 0.133 e. The predicted octanol–water partition coefficient (Wildman–Crippen LogP) is 1.57. The number of hydrogen-bond acceptors (Lipinski definition) is 6. The summed E-state index contributed by atoms with van der Waals surface area (Å²) in [5.41, 5.74) is 2.27. The molecule has 3 heterocycles. The van der Waals surface area contributed by atoms with Crippen molar-refractivity contribution in [2.24, 2.45) is 0 Å². The molecule has 0 bridgehead atoms. The number of nitrogens with zero attached hydrogens (tertiary/aromatic N) is 4. The Morgan fingerprint density at radius 1 is 1.22 bits per heavy atom. The summed E-state index contributed by atoms with van der Waals surface area (Å²) in [7, 11) is 2.09. The maximum absolute atomic E-state index is 10.5. The molecular formula is C21H30N4O2. The lowest BCUT2D eigenvalue weighted by Gasteiger charge is -2.31. The van der Waals surface area contributed by atoms with Crippen molar-refractivity contribution in [3.63, 3.8) is 0 Å². The summed E-state index contributed by atoms with van der Waals surface area (Å²) in [5.74, 6) is 1.07. The van der Waals surface area contributed by atoms with Crippen LogP contribution in [0, 0.1) is 0 Å². The molecule has 0 amide bonds. The molecular weight excluding hydrogens is 340 g/mol. The highest BCUT2D eigenvalue weighted by Crippen LogP contribution is 2.27. The third-order valence-electron chi connectivity index (χ3n) is 5.88. The first-order chi connectivity index (χ1) is 13.2. The Morgan fingerprint density at radius 3 is 2.78 bits per heavy atom. The number of likely N-dealkylation sites (N-methyl/N-ethyl adjacent to an activating group) is 1. The van der Waals surface area contributed by atoms with Gasteiger partial charge in [0.1, 0.15) is 5.82 Å². The minimum atomic E-state index is -0.296. The quantitative estimate of drug-likeness (QED) is 0.862. The van der Waals surface area contributed by atoms with Crippen LogP contribution in [0.3, 0.4) is 0 Å². The summed E-state index contributed by atoms with van der Waals surface area (Å²) in [6.07, 6.45) is -0.296. The van der Waals surface area contributed by atoms with Gasteiger partial charge in [-0.15, -0.1) is 0 Å². The van der Waals surface area contributed by atoms with Gasteiger partial charge in [0.15, 0.2) is 0 Å². The van der Waals surface area contributed by atoms with E-state index in [9.17, 15) is 5.11 Å². The Morgan fingerprint density at radius 2 is 2.00 bits per heavy atom. The van der Waals surface area contributed by atoms with Crippen molar-refractivity contribution >= 4 is 16.7 Å². The number of hydrogen-bond donors (Lipinski definition) is 1. The van der Waals surface area contributed by atoms with Gasteiger partial charge in [0.05, 0.1) is 24.8 Å². The minimum Gasteiger partial charge on any atom is -0.390 e. The Kier molecular flexibility index (Phi) is 5.59. The van der Waals surface area contributed by atoms with Gasteiger partial charge in [0.25, 0.3) is 0 Å². The van der Waals surface area contributed by atoms with Gasteiger partial charge in [0, 0.05) is 49.7 Å². The van der Waals surface area contributed by atoms with E-state index in [1.807, 2.05) is 6.07 Å². The van der Waals surface area contributed by atoms with Gasteiger partial charge in [-0.3, -0.25) is 9.80 Å². The summed E-state index contributed by atoms with van der Waals surface area (Å²) < 4.78 is 5.53. The number of fused-ring (bicyclic) bond motifs is 1. The third-order valence-corrected chi connectivity index (χ3v) is 5.88. The average molecular weight is 370 g/mol. The highest BCUT2D eigenvalue weighted by molar-refractivity contribution is 5.81. The predicted molar refractivity (Wildman–Crippen MR) is 108 cm³/mol. The molecule has 0 saturated carbocycles. The summed E-state index contributed by atoms with van der Waals surface area (Å²) >= 11 is 0. The van der Waals surface area contributed by atoms with E-state index in [4.69, 9.17) is 9.72 Å². The molecule has 0 spiro atoms. The molecule has 1 aromatic heterocycles. The van der Waals surface area contributed by atoms with Gasteiger partial charge in [-0.25, -0.2) is 4.98 Å². The van der Waals surface area contributed by atoms with E-state index in [1.54, 1.807) is 0 Å². The third kappa shape index (κ3) is 3.94. The zero-order valence-electron chi connectivity index (χ0n) is 16.3. The number of para-hydroxylation sites is 1. The lowest BCUT2D eigenvalue weighted by atomic mass is 10.1. The Labute approximate surface area is 161 Å². The Bertz CT molecular complexity index is 778. The average Bonchev–Trinajstić information content (AvgIpc) is 3.07. The summed E-state index contributed by atoms with van der Waals surface area (Å²) in [6, 6.07) is 10.8. The first-order valence-electron chi connectivity index (χ1n) is 9.97. The number of ether oxygens (including phenoxy) is 1. The van der Waals surface area contributed by atoms with Gasteiger partial charge in [-0.2, -0.15) is 0 Å². The highest BCUT2D eigenvalue weighted by Gasteiger charge is 2.34. The monoisotopic (exact) mass is 370 g/mol. The molecule has 0 radical (unpaired) electrons. The van der Waals surface area contributed by atoms with E-state index in [0.717, 1.165) is 57.3 Å². The fourth-order valence-electron chi connectivity index (χ4n) is 4.20. The molecule has 0 unspecified atom stereocenters. The molecule has 6 heteroatoms. The van der Waals surface area contributed by atoms with Crippen molar-refractivity contribution in [1.29, 1.82) is 0 Å². The van der Waals surface area contributed by atoms with E-state index in [1.165, 1.54) is 10.9 Å². The number of benzene rings is 1. The maximum Gasteiger partial charge on any atom is 0.133 e. The topological polar surface area (TPSA) is 52.1 Å². The SMILES string of the molecule is CCN(C)[C@@H]1CN(Cc2cc3ccccc3nc2N2CCOCC2)C[C@H]1O. The van der Waals surface area contributed by atoms with Crippen LogP contribution in [0.5, 0.6) is 0 Å². The van der Waals surface area contributed by atoms with E-state index < -0.39 is 0 Å². The summed E-state index contributed by atoms with van der Waals surface area (Å²) in [6.45, 7) is 8.76. The number of anilines is 1. The first-order valence-corrected chi connectivity index (χ1v) is 9.97. The largest absolute Gasteiger partial charge is 0.390 e. The molecule has 146 valence electrons. The number of likely N-dealkylation sites (tertiary alicyclic amines) is 1. The zero-order valence-corrected chi connectivity index (χ0v) is 16.3. The molecule has 1 N–H and O–H groups in total.